The third-order valence-corrected chi connectivity index (χ3v) is 5.79. The van der Waals surface area contributed by atoms with E-state index in [0.717, 1.165) is 4.31 Å². The van der Waals surface area contributed by atoms with Crippen LogP contribution in [0.15, 0.2) is 41.4 Å². The number of benzene rings is 1. The summed E-state index contributed by atoms with van der Waals surface area (Å²) in [7, 11) is -2.50. The van der Waals surface area contributed by atoms with Gasteiger partial charge in [-0.2, -0.15) is 0 Å². The van der Waals surface area contributed by atoms with E-state index < -0.39 is 27.8 Å². The van der Waals surface area contributed by atoms with Gasteiger partial charge in [-0.1, -0.05) is 18.2 Å². The predicted octanol–water partition coefficient (Wildman–Crippen LogP) is 0.501. The van der Waals surface area contributed by atoms with Crippen molar-refractivity contribution in [2.45, 2.75) is 10.8 Å². The second kappa shape index (κ2) is 5.38. The van der Waals surface area contributed by atoms with Gasteiger partial charge >= 0.3 is 5.97 Å². The number of primary amides is 1. The lowest BCUT2D eigenvalue weighted by atomic mass is 10.0. The molecule has 8 nitrogen and oxygen atoms in total. The first kappa shape index (κ1) is 16.1. The topological polar surface area (TPSA) is 123 Å². The summed E-state index contributed by atoms with van der Waals surface area (Å²) in [6.45, 7) is -0.197. The first-order valence-electron chi connectivity index (χ1n) is 7.04. The molecule has 9 heteroatoms. The molecule has 0 aliphatic carbocycles. The van der Waals surface area contributed by atoms with Crippen molar-refractivity contribution in [3.05, 3.63) is 47.8 Å². The van der Waals surface area contributed by atoms with Crippen molar-refractivity contribution in [1.29, 1.82) is 0 Å². The number of nitrogens with zero attached hydrogens (tertiary/aromatic N) is 2. The molecule has 0 saturated heterocycles. The zero-order valence-corrected chi connectivity index (χ0v) is 13.5. The molecule has 24 heavy (non-hydrogen) atoms. The van der Waals surface area contributed by atoms with Crippen LogP contribution in [-0.4, -0.2) is 36.5 Å². The highest BCUT2D eigenvalue weighted by molar-refractivity contribution is 7.92. The van der Waals surface area contributed by atoms with Crippen molar-refractivity contribution >= 4 is 27.6 Å². The van der Waals surface area contributed by atoms with E-state index in [1.54, 1.807) is 24.3 Å². The number of nitrogens with two attached hydrogens (primary N) is 1. The van der Waals surface area contributed by atoms with E-state index in [9.17, 15) is 23.1 Å². The van der Waals surface area contributed by atoms with E-state index >= 15 is 0 Å². The summed E-state index contributed by atoms with van der Waals surface area (Å²) in [6.07, 6.45) is 1.28. The van der Waals surface area contributed by atoms with Gasteiger partial charge in [0.05, 0.1) is 12.2 Å². The Morgan fingerprint density at radius 1 is 1.29 bits per heavy atom. The summed E-state index contributed by atoms with van der Waals surface area (Å²) in [6, 6.07) is 7.66. The third-order valence-electron chi connectivity index (χ3n) is 4.05. The molecule has 1 aliphatic heterocycles. The van der Waals surface area contributed by atoms with Crippen molar-refractivity contribution in [3.8, 4) is 0 Å². The third kappa shape index (κ3) is 2.33. The number of para-hydroxylation sites is 1. The minimum Gasteiger partial charge on any atom is -0.481 e. The average molecular weight is 349 g/mol. The van der Waals surface area contributed by atoms with E-state index in [-0.39, 0.29) is 17.1 Å². The summed E-state index contributed by atoms with van der Waals surface area (Å²) in [5, 5.41) is 9.35. The Morgan fingerprint density at radius 2 is 1.96 bits per heavy atom. The van der Waals surface area contributed by atoms with Gasteiger partial charge in [-0.05, 0) is 17.7 Å². The quantitative estimate of drug-likeness (QED) is 0.832. The van der Waals surface area contributed by atoms with Gasteiger partial charge < -0.3 is 15.4 Å². The summed E-state index contributed by atoms with van der Waals surface area (Å²) in [5.74, 6) is -2.77. The molecule has 0 spiro atoms. The van der Waals surface area contributed by atoms with Gasteiger partial charge in [-0.15, -0.1) is 0 Å². The first-order valence-corrected chi connectivity index (χ1v) is 8.48. The molecule has 3 rings (SSSR count). The van der Waals surface area contributed by atoms with E-state index in [2.05, 4.69) is 0 Å². The van der Waals surface area contributed by atoms with Crippen molar-refractivity contribution < 1.29 is 23.1 Å². The second-order valence-electron chi connectivity index (χ2n) is 5.52. The minimum absolute atomic E-state index is 0.0517. The Balaban J connectivity index is 2.10. The van der Waals surface area contributed by atoms with Crippen molar-refractivity contribution in [2.75, 3.05) is 10.8 Å². The number of aryl methyl sites for hydroxylation is 1. The fourth-order valence-electron chi connectivity index (χ4n) is 2.86. The number of amides is 1. The predicted molar refractivity (Wildman–Crippen MR) is 85.3 cm³/mol. The number of sulfonamides is 1. The Bertz CT molecular complexity index is 948. The second-order valence-corrected chi connectivity index (χ2v) is 7.38. The van der Waals surface area contributed by atoms with Crippen molar-refractivity contribution in [2.24, 2.45) is 12.8 Å². The maximum absolute atomic E-state index is 12.9. The summed E-state index contributed by atoms with van der Waals surface area (Å²) in [4.78, 5) is 22.7. The summed E-state index contributed by atoms with van der Waals surface area (Å²) < 4.78 is 28.2. The molecule has 3 N–H and O–H groups in total. The van der Waals surface area contributed by atoms with Crippen molar-refractivity contribution in [1.82, 2.24) is 4.57 Å². The molecule has 0 fully saturated rings. The van der Waals surface area contributed by atoms with Crippen LogP contribution in [-0.2, 0) is 21.9 Å². The fourth-order valence-corrected chi connectivity index (χ4v) is 4.43. The highest BCUT2D eigenvalue weighted by atomic mass is 32.2. The largest absolute Gasteiger partial charge is 0.481 e. The lowest BCUT2D eigenvalue weighted by Crippen LogP contribution is -2.31. The van der Waals surface area contributed by atoms with Gasteiger partial charge in [0.15, 0.2) is 0 Å². The van der Waals surface area contributed by atoms with Crippen LogP contribution in [0.25, 0.3) is 0 Å². The highest BCUT2D eigenvalue weighted by Crippen LogP contribution is 2.39. The number of carboxylic acids is 1. The zero-order valence-electron chi connectivity index (χ0n) is 12.7. The first-order chi connectivity index (χ1) is 11.2. The molecule has 1 atom stereocenters. The number of carbonyl (C=O) groups is 2. The molecule has 2 aromatic rings. The minimum atomic E-state index is -4.01. The number of rotatable bonds is 4. The van der Waals surface area contributed by atoms with E-state index in [4.69, 9.17) is 5.73 Å². The molecule has 0 bridgehead atoms. The smallest absolute Gasteiger partial charge is 0.312 e. The van der Waals surface area contributed by atoms with Gasteiger partial charge in [0, 0.05) is 13.2 Å². The molecule has 0 unspecified atom stereocenters. The number of carboxylic acid groups (broad SMARTS) is 1. The molecular weight excluding hydrogens is 334 g/mol. The Kier molecular flexibility index (Phi) is 3.60. The van der Waals surface area contributed by atoms with Gasteiger partial charge in [-0.25, -0.2) is 8.42 Å². The number of anilines is 1. The highest BCUT2D eigenvalue weighted by Gasteiger charge is 2.40. The van der Waals surface area contributed by atoms with E-state index in [1.165, 1.54) is 23.9 Å². The van der Waals surface area contributed by atoms with Crippen LogP contribution in [0, 0.1) is 0 Å². The standard InChI is InChI=1S/C15H15N3O5S/c1-17-7-9(6-13(17)14(16)19)24(22,23)18-8-11(15(20)21)10-4-2-3-5-12(10)18/h2-7,11H,8H2,1H3,(H2,16,19)(H,20,21)/t11-/m1/s1. The molecular formula is C15H15N3O5S. The number of hydrogen-bond acceptors (Lipinski definition) is 4. The Morgan fingerprint density at radius 3 is 2.54 bits per heavy atom. The van der Waals surface area contributed by atoms with E-state index in [0.29, 0.717) is 11.3 Å². The van der Waals surface area contributed by atoms with Crippen LogP contribution < -0.4 is 10.0 Å². The fraction of sp³-hybridized carbons (Fsp3) is 0.200. The van der Waals surface area contributed by atoms with Crippen LogP contribution in [0.1, 0.15) is 22.0 Å². The maximum atomic E-state index is 12.9. The number of fused-ring (bicyclic) bond motifs is 1. The van der Waals surface area contributed by atoms with Gasteiger partial charge in [0.1, 0.15) is 16.5 Å². The molecule has 1 aromatic heterocycles. The summed E-state index contributed by atoms with van der Waals surface area (Å²) >= 11 is 0. The van der Waals surface area contributed by atoms with Crippen LogP contribution in [0.5, 0.6) is 0 Å². The molecule has 1 aliphatic rings. The van der Waals surface area contributed by atoms with Crippen LogP contribution >= 0.6 is 0 Å². The van der Waals surface area contributed by atoms with Gasteiger partial charge in [0.2, 0.25) is 0 Å². The number of aliphatic carboxylic acids is 1. The van der Waals surface area contributed by atoms with Crippen LogP contribution in [0.3, 0.4) is 0 Å². The SMILES string of the molecule is Cn1cc(S(=O)(=O)N2C[C@@H](C(=O)O)c3ccccc32)cc1C(N)=O. The molecule has 2 heterocycles. The van der Waals surface area contributed by atoms with Gasteiger partial charge in [0.25, 0.3) is 15.9 Å². The van der Waals surface area contributed by atoms with Gasteiger partial charge in [-0.3, -0.25) is 13.9 Å². The normalized spacial score (nSPS) is 16.9. The molecule has 1 amide bonds. The summed E-state index contributed by atoms with van der Waals surface area (Å²) in [5.41, 5.74) is 6.04. The lowest BCUT2D eigenvalue weighted by Gasteiger charge is -2.18. The number of carbonyl (C=O) groups excluding carboxylic acids is 1. The maximum Gasteiger partial charge on any atom is 0.312 e. The van der Waals surface area contributed by atoms with Crippen LogP contribution in [0.2, 0.25) is 0 Å². The van der Waals surface area contributed by atoms with E-state index in [1.807, 2.05) is 0 Å². The average Bonchev–Trinajstić information content (AvgIpc) is 3.08. The van der Waals surface area contributed by atoms with Crippen LogP contribution in [0.4, 0.5) is 5.69 Å². The Hall–Kier alpha value is -2.81. The zero-order chi connectivity index (χ0) is 17.6. The lowest BCUT2D eigenvalue weighted by molar-refractivity contribution is -0.138. The number of hydrogen-bond donors (Lipinski definition) is 2. The monoisotopic (exact) mass is 349 g/mol. The molecule has 0 radical (unpaired) electrons. The number of aromatic nitrogens is 1. The van der Waals surface area contributed by atoms with Crippen molar-refractivity contribution in [3.63, 3.8) is 0 Å². The molecule has 1 aromatic carbocycles. The molecule has 126 valence electrons. The Labute approximate surface area is 138 Å². The molecule has 0 saturated carbocycles.